The van der Waals surface area contributed by atoms with Crippen LogP contribution in [0.4, 0.5) is 0 Å². The molecular formula is C13H26S2. The Labute approximate surface area is 105 Å². The van der Waals surface area contributed by atoms with Crippen LogP contribution in [0.15, 0.2) is 0 Å². The summed E-state index contributed by atoms with van der Waals surface area (Å²) in [6.07, 6.45) is 3.89. The van der Waals surface area contributed by atoms with Gasteiger partial charge in [-0.15, -0.1) is 11.8 Å². The van der Waals surface area contributed by atoms with Crippen LogP contribution in [0.5, 0.6) is 0 Å². The van der Waals surface area contributed by atoms with Crippen LogP contribution in [0.3, 0.4) is 0 Å². The van der Waals surface area contributed by atoms with E-state index < -0.39 is 0 Å². The van der Waals surface area contributed by atoms with Crippen LogP contribution in [0.25, 0.3) is 0 Å². The van der Waals surface area contributed by atoms with E-state index in [-0.39, 0.29) is 4.08 Å². The second-order valence-electron chi connectivity index (χ2n) is 6.45. The van der Waals surface area contributed by atoms with Crippen molar-refractivity contribution < 1.29 is 0 Å². The lowest BCUT2D eigenvalue weighted by Crippen LogP contribution is -2.34. The molecule has 0 spiro atoms. The minimum absolute atomic E-state index is 0.240. The summed E-state index contributed by atoms with van der Waals surface area (Å²) in [5.41, 5.74) is 0.450. The molecule has 0 aromatic heterocycles. The zero-order valence-electron chi connectivity index (χ0n) is 10.8. The van der Waals surface area contributed by atoms with Gasteiger partial charge in [-0.25, -0.2) is 0 Å². The quantitative estimate of drug-likeness (QED) is 0.680. The molecule has 0 bridgehead atoms. The summed E-state index contributed by atoms with van der Waals surface area (Å²) >= 11 is 7.02. The minimum atomic E-state index is 0.240. The molecule has 1 saturated heterocycles. The molecule has 1 heterocycles. The van der Waals surface area contributed by atoms with Crippen LogP contribution in [0.1, 0.15) is 53.9 Å². The lowest BCUT2D eigenvalue weighted by Gasteiger charge is -2.43. The van der Waals surface area contributed by atoms with Crippen LogP contribution >= 0.6 is 24.4 Å². The molecule has 0 nitrogen and oxygen atoms in total. The van der Waals surface area contributed by atoms with E-state index in [0.29, 0.717) is 5.41 Å². The molecule has 0 amide bonds. The van der Waals surface area contributed by atoms with E-state index in [4.69, 9.17) is 12.6 Å². The Balaban J connectivity index is 2.62. The van der Waals surface area contributed by atoms with Gasteiger partial charge in [0.2, 0.25) is 0 Å². The molecule has 0 radical (unpaired) electrons. The molecule has 0 N–H and O–H groups in total. The molecule has 0 saturated carbocycles. The summed E-state index contributed by atoms with van der Waals surface area (Å²) in [6, 6.07) is 0. The van der Waals surface area contributed by atoms with E-state index in [2.05, 4.69) is 46.4 Å². The molecule has 2 unspecified atom stereocenters. The first kappa shape index (κ1) is 13.8. The highest BCUT2D eigenvalue weighted by Crippen LogP contribution is 2.50. The first-order valence-corrected chi connectivity index (χ1v) is 7.52. The molecule has 0 aliphatic carbocycles. The van der Waals surface area contributed by atoms with E-state index >= 15 is 0 Å². The van der Waals surface area contributed by atoms with Crippen molar-refractivity contribution in [1.82, 2.24) is 0 Å². The minimum Gasteiger partial charge on any atom is -0.162 e. The first-order valence-electron chi connectivity index (χ1n) is 6.09. The van der Waals surface area contributed by atoms with E-state index in [1.165, 1.54) is 25.0 Å². The fourth-order valence-electron chi connectivity index (χ4n) is 2.46. The molecule has 90 valence electrons. The van der Waals surface area contributed by atoms with Gasteiger partial charge in [-0.3, -0.25) is 0 Å². The second kappa shape index (κ2) is 4.91. The van der Waals surface area contributed by atoms with Crippen molar-refractivity contribution in [2.45, 2.75) is 58.0 Å². The van der Waals surface area contributed by atoms with Crippen LogP contribution < -0.4 is 0 Å². The molecule has 0 aromatic rings. The third kappa shape index (κ3) is 4.22. The average molecular weight is 246 g/mol. The van der Waals surface area contributed by atoms with Crippen LogP contribution in [-0.2, 0) is 0 Å². The molecule has 2 heteroatoms. The van der Waals surface area contributed by atoms with Crippen molar-refractivity contribution in [1.29, 1.82) is 0 Å². The van der Waals surface area contributed by atoms with Crippen LogP contribution in [-0.4, -0.2) is 9.83 Å². The first-order chi connectivity index (χ1) is 6.73. The average Bonchev–Trinajstić information content (AvgIpc) is 1.99. The molecule has 15 heavy (non-hydrogen) atoms. The van der Waals surface area contributed by atoms with Crippen molar-refractivity contribution in [2.75, 3.05) is 5.75 Å². The molecule has 1 aliphatic heterocycles. The molecular weight excluding hydrogens is 220 g/mol. The fraction of sp³-hybridized carbons (Fsp3) is 1.00. The normalized spacial score (nSPS) is 33.4. The molecule has 0 aromatic carbocycles. The SMILES string of the molecule is CC(C)CC1(S)CC(C(C)(C)C)CCS1. The summed E-state index contributed by atoms with van der Waals surface area (Å²) in [4.78, 5) is 0. The zero-order chi connectivity index (χ0) is 11.7. The Bertz CT molecular complexity index is 205. The van der Waals surface area contributed by atoms with Crippen molar-refractivity contribution >= 4 is 24.4 Å². The van der Waals surface area contributed by atoms with Gasteiger partial charge in [-0.2, -0.15) is 12.6 Å². The predicted octanol–water partition coefficient (Wildman–Crippen LogP) is 4.85. The molecule has 1 fully saturated rings. The van der Waals surface area contributed by atoms with Gasteiger partial charge in [0, 0.05) is 0 Å². The highest BCUT2D eigenvalue weighted by atomic mass is 32.2. The van der Waals surface area contributed by atoms with Crippen LogP contribution in [0.2, 0.25) is 0 Å². The van der Waals surface area contributed by atoms with Gasteiger partial charge in [0.1, 0.15) is 0 Å². The zero-order valence-corrected chi connectivity index (χ0v) is 12.5. The fourth-order valence-corrected chi connectivity index (χ4v) is 4.87. The predicted molar refractivity (Wildman–Crippen MR) is 75.8 cm³/mol. The van der Waals surface area contributed by atoms with E-state index in [1.54, 1.807) is 0 Å². The summed E-state index contributed by atoms with van der Waals surface area (Å²) < 4.78 is 0.240. The number of hydrogen-bond donors (Lipinski definition) is 1. The Morgan fingerprint density at radius 2 is 2.00 bits per heavy atom. The van der Waals surface area contributed by atoms with Crippen molar-refractivity contribution in [3.05, 3.63) is 0 Å². The lowest BCUT2D eigenvalue weighted by atomic mass is 9.75. The smallest absolute Gasteiger partial charge is 0.0586 e. The van der Waals surface area contributed by atoms with E-state index in [9.17, 15) is 0 Å². The second-order valence-corrected chi connectivity index (χ2v) is 9.09. The number of thiol groups is 1. The maximum atomic E-state index is 4.94. The Morgan fingerprint density at radius 3 is 2.47 bits per heavy atom. The molecule has 1 aliphatic rings. The standard InChI is InChI=1S/C13H26S2/c1-10(2)8-13(14)9-11(6-7-15-13)12(3,4)5/h10-11,14H,6-9H2,1-5H3. The van der Waals surface area contributed by atoms with Gasteiger partial charge < -0.3 is 0 Å². The maximum absolute atomic E-state index is 4.94. The third-order valence-electron chi connectivity index (χ3n) is 3.35. The topological polar surface area (TPSA) is 0 Å². The molecule has 1 rings (SSSR count). The Kier molecular flexibility index (Phi) is 4.51. The van der Waals surface area contributed by atoms with E-state index in [0.717, 1.165) is 11.8 Å². The number of rotatable bonds is 2. The highest BCUT2D eigenvalue weighted by Gasteiger charge is 2.38. The van der Waals surface area contributed by atoms with Crippen LogP contribution in [0, 0.1) is 17.3 Å². The van der Waals surface area contributed by atoms with Gasteiger partial charge >= 0.3 is 0 Å². The Morgan fingerprint density at radius 1 is 1.40 bits per heavy atom. The summed E-state index contributed by atoms with van der Waals surface area (Å²) in [5, 5.41) is 0. The number of hydrogen-bond acceptors (Lipinski definition) is 2. The van der Waals surface area contributed by atoms with Crippen molar-refractivity contribution in [2.24, 2.45) is 17.3 Å². The van der Waals surface area contributed by atoms with Gasteiger partial charge in [0.25, 0.3) is 0 Å². The van der Waals surface area contributed by atoms with Crippen molar-refractivity contribution in [3.8, 4) is 0 Å². The maximum Gasteiger partial charge on any atom is 0.0586 e. The van der Waals surface area contributed by atoms with Gasteiger partial charge in [0.15, 0.2) is 0 Å². The van der Waals surface area contributed by atoms with Crippen molar-refractivity contribution in [3.63, 3.8) is 0 Å². The van der Waals surface area contributed by atoms with Gasteiger partial charge in [0.05, 0.1) is 4.08 Å². The van der Waals surface area contributed by atoms with Gasteiger partial charge in [-0.1, -0.05) is 34.6 Å². The Hall–Kier alpha value is 0.700. The third-order valence-corrected chi connectivity index (χ3v) is 5.42. The highest BCUT2D eigenvalue weighted by molar-refractivity contribution is 8.11. The lowest BCUT2D eigenvalue weighted by molar-refractivity contribution is 0.205. The summed E-state index contributed by atoms with van der Waals surface area (Å²) in [5.74, 6) is 2.89. The summed E-state index contributed by atoms with van der Waals surface area (Å²) in [6.45, 7) is 11.7. The molecule has 2 atom stereocenters. The summed E-state index contributed by atoms with van der Waals surface area (Å²) in [7, 11) is 0. The monoisotopic (exact) mass is 246 g/mol. The van der Waals surface area contributed by atoms with E-state index in [1.807, 2.05) is 0 Å². The number of thioether (sulfide) groups is 1. The van der Waals surface area contributed by atoms with Gasteiger partial charge in [-0.05, 0) is 42.3 Å². The largest absolute Gasteiger partial charge is 0.162 e.